The predicted molar refractivity (Wildman–Crippen MR) is 128 cm³/mol. The molecule has 1 atom stereocenters. The van der Waals surface area contributed by atoms with E-state index in [4.69, 9.17) is 17.3 Å². The zero-order chi connectivity index (χ0) is 24.0. The lowest BCUT2D eigenvalue weighted by molar-refractivity contribution is 0.0942. The molecule has 0 saturated carbocycles. The summed E-state index contributed by atoms with van der Waals surface area (Å²) in [7, 11) is -0.882. The van der Waals surface area contributed by atoms with Gasteiger partial charge < -0.3 is 16.0 Å². The fourth-order valence-electron chi connectivity index (χ4n) is 4.17. The molecule has 1 amide bonds. The second kappa shape index (κ2) is 8.58. The summed E-state index contributed by atoms with van der Waals surface area (Å²) in [5, 5.41) is 21.4. The fourth-order valence-corrected chi connectivity index (χ4v) is 5.52. The summed E-state index contributed by atoms with van der Waals surface area (Å²) in [4.78, 5) is 19.5. The van der Waals surface area contributed by atoms with Crippen LogP contribution >= 0.6 is 11.6 Å². The van der Waals surface area contributed by atoms with Crippen molar-refractivity contribution in [2.75, 3.05) is 35.2 Å². The average Bonchev–Trinajstić information content (AvgIpc) is 3.40. The van der Waals surface area contributed by atoms with Gasteiger partial charge >= 0.3 is 0 Å². The number of amides is 1. The number of hydrogen-bond acceptors (Lipinski definition) is 8. The Hall–Kier alpha value is -3.69. The molecule has 0 bridgehead atoms. The zero-order valence-electron chi connectivity index (χ0n) is 18.1. The van der Waals surface area contributed by atoms with Crippen molar-refractivity contribution in [3.63, 3.8) is 0 Å². The topological polar surface area (TPSA) is 147 Å². The Balaban J connectivity index is 1.57. The number of fused-ring (bicyclic) bond motifs is 2. The van der Waals surface area contributed by atoms with Crippen LogP contribution in [0.25, 0.3) is 11.2 Å². The Morgan fingerprint density at radius 2 is 2.15 bits per heavy atom. The van der Waals surface area contributed by atoms with Crippen molar-refractivity contribution in [3.05, 3.63) is 52.4 Å². The number of pyridine rings is 1. The minimum atomic E-state index is -0.882. The van der Waals surface area contributed by atoms with Crippen LogP contribution in [0.15, 0.2) is 30.7 Å². The van der Waals surface area contributed by atoms with Crippen LogP contribution in [0.4, 0.5) is 11.6 Å². The van der Waals surface area contributed by atoms with E-state index in [1.807, 2.05) is 6.92 Å². The van der Waals surface area contributed by atoms with E-state index < -0.39 is 22.7 Å². The Bertz CT molecular complexity index is 1500. The molecule has 4 aromatic heterocycles. The molecule has 0 radical (unpaired) electrons. The summed E-state index contributed by atoms with van der Waals surface area (Å²) >= 11 is 6.57. The Labute approximate surface area is 201 Å². The average molecular weight is 498 g/mol. The van der Waals surface area contributed by atoms with Gasteiger partial charge in [-0.3, -0.25) is 9.00 Å². The number of nitrogens with two attached hydrogens (primary N) is 1. The summed E-state index contributed by atoms with van der Waals surface area (Å²) in [6.45, 7) is 2.92. The third-order valence-electron chi connectivity index (χ3n) is 5.80. The molecule has 13 heteroatoms. The molecule has 0 aliphatic carbocycles. The fraction of sp³-hybridized carbons (Fsp3) is 0.286. The first kappa shape index (κ1) is 22.1. The van der Waals surface area contributed by atoms with Crippen LogP contribution in [0.5, 0.6) is 0 Å². The van der Waals surface area contributed by atoms with Crippen LogP contribution in [-0.4, -0.2) is 58.9 Å². The maximum atomic E-state index is 13.2. The van der Waals surface area contributed by atoms with Crippen molar-refractivity contribution in [3.8, 4) is 6.07 Å². The Kier molecular flexibility index (Phi) is 5.59. The Morgan fingerprint density at radius 3 is 2.88 bits per heavy atom. The van der Waals surface area contributed by atoms with Gasteiger partial charge in [-0.2, -0.15) is 10.4 Å². The van der Waals surface area contributed by atoms with Crippen molar-refractivity contribution >= 4 is 51.1 Å². The smallest absolute Gasteiger partial charge is 0.259 e. The number of nitriles is 1. The van der Waals surface area contributed by atoms with Gasteiger partial charge in [0.1, 0.15) is 23.0 Å². The third-order valence-corrected chi connectivity index (χ3v) is 7.36. The number of anilines is 2. The number of nitrogen functional groups attached to an aromatic ring is 1. The van der Waals surface area contributed by atoms with Crippen LogP contribution < -0.4 is 16.0 Å². The molecule has 5 rings (SSSR count). The highest BCUT2D eigenvalue weighted by molar-refractivity contribution is 7.85. The molecule has 34 heavy (non-hydrogen) atoms. The largest absolute Gasteiger partial charge is 0.381 e. The normalized spacial score (nSPS) is 15.5. The monoisotopic (exact) mass is 497 g/mol. The first-order chi connectivity index (χ1) is 16.4. The van der Waals surface area contributed by atoms with Crippen LogP contribution in [0.3, 0.4) is 0 Å². The van der Waals surface area contributed by atoms with Gasteiger partial charge in [-0.15, -0.1) is 5.10 Å². The summed E-state index contributed by atoms with van der Waals surface area (Å²) < 4.78 is 15.0. The van der Waals surface area contributed by atoms with Gasteiger partial charge in [0.15, 0.2) is 11.5 Å². The number of rotatable bonds is 4. The van der Waals surface area contributed by atoms with Crippen LogP contribution in [0.2, 0.25) is 5.02 Å². The highest BCUT2D eigenvalue weighted by Crippen LogP contribution is 2.34. The molecular formula is C21H20ClN9O2S. The molecule has 1 unspecified atom stereocenters. The van der Waals surface area contributed by atoms with Crippen molar-refractivity contribution in [1.82, 2.24) is 29.5 Å². The van der Waals surface area contributed by atoms with Crippen LogP contribution in [0.1, 0.15) is 34.5 Å². The maximum absolute atomic E-state index is 13.2. The number of nitrogens with one attached hydrogen (secondary N) is 1. The molecule has 0 aromatic carbocycles. The number of carbonyl (C=O) groups excluding carboxylic acids is 1. The third kappa shape index (κ3) is 3.63. The van der Waals surface area contributed by atoms with Gasteiger partial charge in [0.25, 0.3) is 5.91 Å². The lowest BCUT2D eigenvalue weighted by Crippen LogP contribution is -2.40. The number of hydrogen-bond donors (Lipinski definition) is 2. The number of carbonyl (C=O) groups is 1. The van der Waals surface area contributed by atoms with E-state index in [9.17, 15) is 14.3 Å². The molecule has 0 spiro atoms. The van der Waals surface area contributed by atoms with E-state index in [2.05, 4.69) is 31.5 Å². The molecule has 4 aromatic rings. The minimum absolute atomic E-state index is 0.0707. The summed E-state index contributed by atoms with van der Waals surface area (Å²) in [5.74, 6) is 1.36. The molecular weight excluding hydrogens is 478 g/mol. The first-order valence-electron chi connectivity index (χ1n) is 10.5. The van der Waals surface area contributed by atoms with Crippen LogP contribution in [0, 0.1) is 11.3 Å². The second-order valence-electron chi connectivity index (χ2n) is 7.88. The van der Waals surface area contributed by atoms with Gasteiger partial charge in [0, 0.05) is 53.4 Å². The van der Waals surface area contributed by atoms with E-state index in [-0.39, 0.29) is 11.4 Å². The molecule has 3 N–H and O–H groups in total. The lowest BCUT2D eigenvalue weighted by Gasteiger charge is -2.32. The number of nitrogens with zero attached hydrogens (tertiary/aromatic N) is 7. The molecule has 1 aliphatic rings. The van der Waals surface area contributed by atoms with E-state index in [0.717, 1.165) is 0 Å². The molecule has 1 saturated heterocycles. The SMILES string of the molecule is CC(NC(=O)c1c(N)nn2cccnc12)c1cc(Cl)c2c(C#N)cnn2c1N1CCS(=O)CC1. The molecule has 1 fully saturated rings. The molecule has 1 aliphatic heterocycles. The van der Waals surface area contributed by atoms with Crippen molar-refractivity contribution < 1.29 is 9.00 Å². The lowest BCUT2D eigenvalue weighted by atomic mass is 10.1. The standard InChI is InChI=1S/C21H20ClN9O2S/c1-12(27-20(32)16-18(24)28-30-4-2-3-25-19(16)30)14-9-15(22)17-13(10-23)11-26-31(17)21(14)29-5-7-34(33)8-6-29/h2-4,9,11-12H,5-8H2,1H3,(H2,24,28)(H,27,32). The molecule has 11 nitrogen and oxygen atoms in total. The van der Waals surface area contributed by atoms with E-state index in [0.29, 0.717) is 57.7 Å². The number of aromatic nitrogens is 5. The van der Waals surface area contributed by atoms with E-state index in [1.165, 1.54) is 10.7 Å². The number of halogens is 1. The second-order valence-corrected chi connectivity index (χ2v) is 9.98. The quantitative estimate of drug-likeness (QED) is 0.431. The first-order valence-corrected chi connectivity index (χ1v) is 12.4. The van der Waals surface area contributed by atoms with Crippen molar-refractivity contribution in [1.29, 1.82) is 5.26 Å². The van der Waals surface area contributed by atoms with Crippen molar-refractivity contribution in [2.45, 2.75) is 13.0 Å². The van der Waals surface area contributed by atoms with E-state index in [1.54, 1.807) is 29.0 Å². The van der Waals surface area contributed by atoms with Gasteiger partial charge in [-0.05, 0) is 19.1 Å². The summed E-state index contributed by atoms with van der Waals surface area (Å²) in [6.07, 6.45) is 4.69. The van der Waals surface area contributed by atoms with E-state index >= 15 is 0 Å². The Morgan fingerprint density at radius 1 is 1.38 bits per heavy atom. The minimum Gasteiger partial charge on any atom is -0.381 e. The van der Waals surface area contributed by atoms with Gasteiger partial charge in [-0.25, -0.2) is 14.0 Å². The predicted octanol–water partition coefficient (Wildman–Crippen LogP) is 1.54. The summed E-state index contributed by atoms with van der Waals surface area (Å²) in [5.41, 5.74) is 8.08. The highest BCUT2D eigenvalue weighted by atomic mass is 35.5. The summed E-state index contributed by atoms with van der Waals surface area (Å²) in [6, 6.07) is 5.04. The van der Waals surface area contributed by atoms with Crippen molar-refractivity contribution in [2.24, 2.45) is 0 Å². The van der Waals surface area contributed by atoms with Gasteiger partial charge in [-0.1, -0.05) is 11.6 Å². The highest BCUT2D eigenvalue weighted by Gasteiger charge is 2.28. The van der Waals surface area contributed by atoms with Gasteiger partial charge in [0.05, 0.1) is 22.8 Å². The zero-order valence-corrected chi connectivity index (χ0v) is 19.7. The molecule has 174 valence electrons. The van der Waals surface area contributed by atoms with Crippen LogP contribution in [-0.2, 0) is 10.8 Å². The molecule has 5 heterocycles. The maximum Gasteiger partial charge on any atom is 0.259 e. The van der Waals surface area contributed by atoms with Gasteiger partial charge in [0.2, 0.25) is 0 Å².